The van der Waals surface area contributed by atoms with Crippen LogP contribution in [0.25, 0.3) is 0 Å². The van der Waals surface area contributed by atoms with Crippen molar-refractivity contribution in [2.24, 2.45) is 11.7 Å². The van der Waals surface area contributed by atoms with E-state index in [2.05, 4.69) is 16.0 Å². The highest BCUT2D eigenvalue weighted by atomic mass is 32.2. The highest BCUT2D eigenvalue weighted by molar-refractivity contribution is 7.98. The third-order valence-electron chi connectivity index (χ3n) is 5.12. The monoisotopic (exact) mass is 512 g/mol. The number of phenols is 1. The molecule has 1 rings (SSSR count). The molecule has 4 unspecified atom stereocenters. The Morgan fingerprint density at radius 3 is 2.00 bits per heavy atom. The van der Waals surface area contributed by atoms with E-state index in [0.717, 1.165) is 0 Å². The van der Waals surface area contributed by atoms with Crippen molar-refractivity contribution in [3.05, 3.63) is 29.8 Å². The Morgan fingerprint density at radius 1 is 0.943 bits per heavy atom. The standard InChI is InChI=1S/C23H36N4O7S/c1-13(2)10-17(21(31)27-19(12-28)23(33)34)26-22(32)18(11-14-4-6-15(29)7-5-14)25-20(30)16(24)8-9-35-3/h4-7,13,16-19,28-29H,8-12,24H2,1-3H3,(H,25,30)(H,26,32)(H,27,31)(H,33,34). The minimum atomic E-state index is -1.52. The minimum absolute atomic E-state index is 0.0337. The second-order valence-electron chi connectivity index (χ2n) is 8.59. The summed E-state index contributed by atoms with van der Waals surface area (Å²) in [7, 11) is 0. The zero-order valence-corrected chi connectivity index (χ0v) is 21.0. The average Bonchev–Trinajstić information content (AvgIpc) is 2.80. The summed E-state index contributed by atoms with van der Waals surface area (Å²) in [6, 6.07) is 1.59. The summed E-state index contributed by atoms with van der Waals surface area (Å²) < 4.78 is 0. The lowest BCUT2D eigenvalue weighted by Gasteiger charge is -2.26. The zero-order chi connectivity index (χ0) is 26.5. The smallest absolute Gasteiger partial charge is 0.328 e. The van der Waals surface area contributed by atoms with E-state index >= 15 is 0 Å². The van der Waals surface area contributed by atoms with Crippen LogP contribution in [0.15, 0.2) is 24.3 Å². The van der Waals surface area contributed by atoms with Crippen LogP contribution in [0.1, 0.15) is 32.3 Å². The molecule has 1 aromatic carbocycles. The fourth-order valence-electron chi connectivity index (χ4n) is 3.16. The Hall–Kier alpha value is -2.83. The molecule has 3 amide bonds. The van der Waals surface area contributed by atoms with Crippen LogP contribution in [0.4, 0.5) is 0 Å². The van der Waals surface area contributed by atoms with Crippen molar-refractivity contribution in [1.29, 1.82) is 0 Å². The number of benzene rings is 1. The summed E-state index contributed by atoms with van der Waals surface area (Å²) in [5.41, 5.74) is 6.60. The minimum Gasteiger partial charge on any atom is -0.508 e. The van der Waals surface area contributed by atoms with E-state index in [9.17, 15) is 29.4 Å². The van der Waals surface area contributed by atoms with Gasteiger partial charge in [0.2, 0.25) is 17.7 Å². The van der Waals surface area contributed by atoms with Gasteiger partial charge in [-0.05, 0) is 48.5 Å². The molecule has 0 fully saturated rings. The van der Waals surface area contributed by atoms with Gasteiger partial charge in [0.1, 0.15) is 23.9 Å². The molecule has 0 aliphatic heterocycles. The Bertz CT molecular complexity index is 851. The first-order valence-corrected chi connectivity index (χ1v) is 12.6. The summed E-state index contributed by atoms with van der Waals surface area (Å²) in [5.74, 6) is -2.67. The van der Waals surface area contributed by atoms with Gasteiger partial charge in [0.05, 0.1) is 12.6 Å². The van der Waals surface area contributed by atoms with Crippen molar-refractivity contribution < 1.29 is 34.5 Å². The maximum atomic E-state index is 13.2. The second-order valence-corrected chi connectivity index (χ2v) is 9.58. The largest absolute Gasteiger partial charge is 0.508 e. The van der Waals surface area contributed by atoms with Crippen molar-refractivity contribution >= 4 is 35.5 Å². The third-order valence-corrected chi connectivity index (χ3v) is 5.76. The molecule has 0 aliphatic rings. The first kappa shape index (κ1) is 30.2. The Kier molecular flexibility index (Phi) is 13.1. The van der Waals surface area contributed by atoms with Gasteiger partial charge in [-0.25, -0.2) is 4.79 Å². The normalized spacial score (nSPS) is 14.5. The summed E-state index contributed by atoms with van der Waals surface area (Å²) in [6.07, 6.45) is 2.56. The number of hydrogen-bond acceptors (Lipinski definition) is 8. The highest BCUT2D eigenvalue weighted by Crippen LogP contribution is 2.13. The lowest BCUT2D eigenvalue weighted by molar-refractivity contribution is -0.143. The van der Waals surface area contributed by atoms with E-state index in [4.69, 9.17) is 10.8 Å². The highest BCUT2D eigenvalue weighted by Gasteiger charge is 2.30. The molecule has 0 heterocycles. The molecule has 1 aromatic rings. The number of aliphatic hydroxyl groups excluding tert-OH is 1. The molecule has 12 heteroatoms. The number of amides is 3. The molecule has 0 spiro atoms. The number of aliphatic hydroxyl groups is 1. The van der Waals surface area contributed by atoms with E-state index in [1.165, 1.54) is 23.9 Å². The molecule has 0 aliphatic carbocycles. The van der Waals surface area contributed by atoms with Crippen LogP contribution in [0.5, 0.6) is 5.75 Å². The SMILES string of the molecule is CSCCC(N)C(=O)NC(Cc1ccc(O)cc1)C(=O)NC(CC(C)C)C(=O)NC(CO)C(=O)O. The summed E-state index contributed by atoms with van der Waals surface area (Å²) in [5, 5.41) is 35.3. The molecule has 0 saturated carbocycles. The van der Waals surface area contributed by atoms with Crippen molar-refractivity contribution in [3.8, 4) is 5.75 Å². The number of nitrogens with one attached hydrogen (secondary N) is 3. The maximum absolute atomic E-state index is 13.2. The lowest BCUT2D eigenvalue weighted by Crippen LogP contribution is -2.58. The molecular weight excluding hydrogens is 476 g/mol. The number of aromatic hydroxyl groups is 1. The number of carbonyl (C=O) groups is 4. The van der Waals surface area contributed by atoms with Crippen LogP contribution in [-0.4, -0.2) is 81.8 Å². The molecule has 196 valence electrons. The van der Waals surface area contributed by atoms with Crippen LogP contribution >= 0.6 is 11.8 Å². The van der Waals surface area contributed by atoms with Gasteiger partial charge < -0.3 is 37.0 Å². The van der Waals surface area contributed by atoms with E-state index in [0.29, 0.717) is 17.7 Å². The van der Waals surface area contributed by atoms with Crippen LogP contribution in [0, 0.1) is 5.92 Å². The predicted molar refractivity (Wildman–Crippen MR) is 133 cm³/mol. The number of phenolic OH excluding ortho intramolecular Hbond substituents is 1. The third kappa shape index (κ3) is 11.0. The molecule has 8 N–H and O–H groups in total. The Balaban J connectivity index is 3.09. The van der Waals surface area contributed by atoms with Gasteiger partial charge >= 0.3 is 5.97 Å². The quantitative estimate of drug-likeness (QED) is 0.164. The Labute approximate surface area is 209 Å². The predicted octanol–water partition coefficient (Wildman–Crippen LogP) is -0.407. The summed E-state index contributed by atoms with van der Waals surface area (Å²) in [4.78, 5) is 49.7. The van der Waals surface area contributed by atoms with E-state index in [1.54, 1.807) is 12.1 Å². The van der Waals surface area contributed by atoms with Crippen LogP contribution in [-0.2, 0) is 25.6 Å². The van der Waals surface area contributed by atoms with Gasteiger partial charge in [0, 0.05) is 6.42 Å². The van der Waals surface area contributed by atoms with Crippen LogP contribution < -0.4 is 21.7 Å². The van der Waals surface area contributed by atoms with Crippen molar-refractivity contribution in [3.63, 3.8) is 0 Å². The van der Waals surface area contributed by atoms with E-state index in [1.807, 2.05) is 20.1 Å². The van der Waals surface area contributed by atoms with Crippen molar-refractivity contribution in [1.82, 2.24) is 16.0 Å². The zero-order valence-electron chi connectivity index (χ0n) is 20.2. The number of carboxylic acids is 1. The van der Waals surface area contributed by atoms with Crippen molar-refractivity contribution in [2.45, 2.75) is 57.3 Å². The second kappa shape index (κ2) is 15.2. The van der Waals surface area contributed by atoms with E-state index in [-0.39, 0.29) is 24.5 Å². The fourth-order valence-corrected chi connectivity index (χ4v) is 3.65. The number of aliphatic carboxylic acids is 1. The summed E-state index contributed by atoms with van der Waals surface area (Å²) in [6.45, 7) is 2.85. The lowest BCUT2D eigenvalue weighted by atomic mass is 10.0. The first-order chi connectivity index (χ1) is 16.5. The maximum Gasteiger partial charge on any atom is 0.328 e. The van der Waals surface area contributed by atoms with Crippen LogP contribution in [0.3, 0.4) is 0 Å². The molecule has 0 saturated heterocycles. The van der Waals surface area contributed by atoms with Crippen LogP contribution in [0.2, 0.25) is 0 Å². The summed E-state index contributed by atoms with van der Waals surface area (Å²) >= 11 is 1.54. The topological polar surface area (TPSA) is 191 Å². The van der Waals surface area contributed by atoms with Gasteiger partial charge in [0.15, 0.2) is 0 Å². The molecule has 35 heavy (non-hydrogen) atoms. The molecule has 0 aromatic heterocycles. The average molecular weight is 513 g/mol. The first-order valence-electron chi connectivity index (χ1n) is 11.3. The van der Waals surface area contributed by atoms with Gasteiger partial charge in [-0.1, -0.05) is 26.0 Å². The number of rotatable bonds is 15. The fraction of sp³-hybridized carbons (Fsp3) is 0.565. The molecule has 11 nitrogen and oxygen atoms in total. The molecular formula is C23H36N4O7S. The molecule has 0 radical (unpaired) electrons. The Morgan fingerprint density at radius 2 is 1.49 bits per heavy atom. The number of hydrogen-bond donors (Lipinski definition) is 7. The number of nitrogens with two attached hydrogens (primary N) is 1. The number of carboxylic acid groups (broad SMARTS) is 1. The van der Waals surface area contributed by atoms with E-state index < -0.39 is 54.5 Å². The van der Waals surface area contributed by atoms with Gasteiger partial charge in [-0.2, -0.15) is 11.8 Å². The van der Waals surface area contributed by atoms with Crippen molar-refractivity contribution in [2.75, 3.05) is 18.6 Å². The number of carbonyl (C=O) groups excluding carboxylic acids is 3. The number of thioether (sulfide) groups is 1. The van der Waals surface area contributed by atoms with Gasteiger partial charge in [0.25, 0.3) is 0 Å². The molecule has 0 bridgehead atoms. The van der Waals surface area contributed by atoms with Gasteiger partial charge in [-0.3, -0.25) is 14.4 Å². The molecule has 4 atom stereocenters. The van der Waals surface area contributed by atoms with Gasteiger partial charge in [-0.15, -0.1) is 0 Å².